The number of primary sulfonamides is 1. The number of hydrogen-bond acceptors (Lipinski definition) is 4. The molecule has 0 aromatic heterocycles. The number of rotatable bonds is 4. The molecule has 0 atom stereocenters. The van der Waals surface area contributed by atoms with Gasteiger partial charge in [0.25, 0.3) is 0 Å². The maximum absolute atomic E-state index is 11.3. The smallest absolute Gasteiger partial charge is 0.307 e. The fourth-order valence-electron chi connectivity index (χ4n) is 1.26. The van der Waals surface area contributed by atoms with Gasteiger partial charge in [-0.15, -0.1) is 0 Å². The van der Waals surface area contributed by atoms with E-state index in [1.807, 2.05) is 0 Å². The van der Waals surface area contributed by atoms with Crippen molar-refractivity contribution in [1.82, 2.24) is 0 Å². The summed E-state index contributed by atoms with van der Waals surface area (Å²) >= 11 is 3.09. The minimum absolute atomic E-state index is 0.0203. The molecule has 1 aromatic rings. The summed E-state index contributed by atoms with van der Waals surface area (Å²) in [6.07, 6.45) is -0.248. The Balaban J connectivity index is 3.40. The highest BCUT2D eigenvalue weighted by atomic mass is 79.9. The molecular weight excluding hydrogens is 314 g/mol. The molecule has 0 fully saturated rings. The Labute approximate surface area is 107 Å². The maximum Gasteiger partial charge on any atom is 0.307 e. The number of aliphatic carboxylic acids is 1. The van der Waals surface area contributed by atoms with Crippen LogP contribution in [0.3, 0.4) is 0 Å². The Morgan fingerprint density at radius 2 is 2.12 bits per heavy atom. The van der Waals surface area contributed by atoms with Crippen molar-refractivity contribution in [3.63, 3.8) is 0 Å². The van der Waals surface area contributed by atoms with Crippen molar-refractivity contribution < 1.29 is 23.1 Å². The number of methoxy groups -OCH3 is 1. The molecule has 17 heavy (non-hydrogen) atoms. The number of benzene rings is 1. The number of carbonyl (C=O) groups is 1. The van der Waals surface area contributed by atoms with Gasteiger partial charge in [0.15, 0.2) is 0 Å². The maximum atomic E-state index is 11.3. The van der Waals surface area contributed by atoms with E-state index in [1.54, 1.807) is 0 Å². The summed E-state index contributed by atoms with van der Waals surface area (Å²) in [4.78, 5) is 10.4. The number of nitrogens with two attached hydrogens (primary N) is 1. The molecule has 0 aliphatic heterocycles. The molecule has 1 aromatic carbocycles. The lowest BCUT2D eigenvalue weighted by Crippen LogP contribution is -2.14. The van der Waals surface area contributed by atoms with Crippen molar-refractivity contribution in [1.29, 1.82) is 0 Å². The van der Waals surface area contributed by atoms with Crippen LogP contribution in [-0.4, -0.2) is 26.6 Å². The zero-order valence-electron chi connectivity index (χ0n) is 8.81. The molecule has 0 aliphatic carbocycles. The van der Waals surface area contributed by atoms with E-state index >= 15 is 0 Å². The van der Waals surface area contributed by atoms with Gasteiger partial charge in [0.1, 0.15) is 10.6 Å². The van der Waals surface area contributed by atoms with E-state index in [4.69, 9.17) is 15.0 Å². The third-order valence-electron chi connectivity index (χ3n) is 1.98. The normalized spacial score (nSPS) is 11.2. The Bertz CT molecular complexity index is 555. The highest BCUT2D eigenvalue weighted by molar-refractivity contribution is 9.10. The van der Waals surface area contributed by atoms with Crippen LogP contribution in [0.1, 0.15) is 5.56 Å². The summed E-state index contributed by atoms with van der Waals surface area (Å²) in [5.74, 6) is -1.01. The quantitative estimate of drug-likeness (QED) is 0.849. The van der Waals surface area contributed by atoms with Crippen LogP contribution in [0.15, 0.2) is 21.5 Å². The minimum atomic E-state index is -3.92. The van der Waals surface area contributed by atoms with Crippen molar-refractivity contribution in [3.05, 3.63) is 22.2 Å². The molecule has 0 unspecified atom stereocenters. The fourth-order valence-corrected chi connectivity index (χ4v) is 2.60. The van der Waals surface area contributed by atoms with Gasteiger partial charge in [0, 0.05) is 4.47 Å². The van der Waals surface area contributed by atoms with E-state index in [9.17, 15) is 13.2 Å². The molecule has 0 aliphatic rings. The van der Waals surface area contributed by atoms with Crippen LogP contribution >= 0.6 is 15.9 Å². The lowest BCUT2D eigenvalue weighted by molar-refractivity contribution is -0.136. The number of halogens is 1. The molecule has 0 spiro atoms. The van der Waals surface area contributed by atoms with E-state index in [0.29, 0.717) is 10.0 Å². The van der Waals surface area contributed by atoms with Crippen LogP contribution in [0.5, 0.6) is 5.75 Å². The van der Waals surface area contributed by atoms with Gasteiger partial charge in [-0.1, -0.05) is 15.9 Å². The Morgan fingerprint density at radius 3 is 2.53 bits per heavy atom. The predicted molar refractivity (Wildman–Crippen MR) is 63.4 cm³/mol. The summed E-state index contributed by atoms with van der Waals surface area (Å²) < 4.78 is 27.7. The zero-order chi connectivity index (χ0) is 13.2. The molecule has 0 bridgehead atoms. The number of hydrogen-bond donors (Lipinski definition) is 2. The Hall–Kier alpha value is -1.12. The third-order valence-corrected chi connectivity index (χ3v) is 3.65. The highest BCUT2D eigenvalue weighted by Crippen LogP contribution is 2.30. The Kier molecular flexibility index (Phi) is 4.12. The molecule has 6 nitrogen and oxygen atoms in total. The molecule has 0 amide bonds. The van der Waals surface area contributed by atoms with Crippen molar-refractivity contribution in [3.8, 4) is 5.75 Å². The van der Waals surface area contributed by atoms with Gasteiger partial charge in [0.05, 0.1) is 13.5 Å². The molecule has 0 radical (unpaired) electrons. The van der Waals surface area contributed by atoms with Gasteiger partial charge < -0.3 is 9.84 Å². The van der Waals surface area contributed by atoms with Crippen molar-refractivity contribution in [2.75, 3.05) is 7.11 Å². The average molecular weight is 324 g/mol. The number of carboxylic acid groups (broad SMARTS) is 1. The minimum Gasteiger partial charge on any atom is -0.495 e. The van der Waals surface area contributed by atoms with E-state index in [0.717, 1.165) is 0 Å². The first kappa shape index (κ1) is 13.9. The van der Waals surface area contributed by atoms with Crippen molar-refractivity contribution in [2.45, 2.75) is 11.3 Å². The number of sulfonamides is 1. The van der Waals surface area contributed by atoms with E-state index in [1.165, 1.54) is 19.2 Å². The highest BCUT2D eigenvalue weighted by Gasteiger charge is 2.18. The van der Waals surface area contributed by atoms with Gasteiger partial charge in [-0.05, 0) is 17.7 Å². The van der Waals surface area contributed by atoms with Crippen molar-refractivity contribution >= 4 is 31.9 Å². The lowest BCUT2D eigenvalue weighted by Gasteiger charge is -2.10. The van der Waals surface area contributed by atoms with Crippen LogP contribution in [0.25, 0.3) is 0 Å². The van der Waals surface area contributed by atoms with E-state index in [2.05, 4.69) is 15.9 Å². The first-order valence-corrected chi connectivity index (χ1v) is 6.70. The van der Waals surface area contributed by atoms with Crippen LogP contribution in [0.4, 0.5) is 0 Å². The summed E-state index contributed by atoms with van der Waals surface area (Å²) in [7, 11) is -2.64. The van der Waals surface area contributed by atoms with Crippen LogP contribution in [0.2, 0.25) is 0 Å². The second-order valence-corrected chi connectivity index (χ2v) is 5.59. The molecule has 0 saturated heterocycles. The molecule has 3 N–H and O–H groups in total. The number of carboxylic acids is 1. The summed E-state index contributed by atoms with van der Waals surface area (Å²) in [6.45, 7) is 0. The van der Waals surface area contributed by atoms with Crippen molar-refractivity contribution in [2.24, 2.45) is 5.14 Å². The average Bonchev–Trinajstić information content (AvgIpc) is 2.18. The van der Waals surface area contributed by atoms with Gasteiger partial charge in [0.2, 0.25) is 10.0 Å². The van der Waals surface area contributed by atoms with Crippen LogP contribution < -0.4 is 9.88 Å². The molecule has 94 valence electrons. The Morgan fingerprint density at radius 1 is 1.53 bits per heavy atom. The third kappa shape index (κ3) is 3.42. The predicted octanol–water partition coefficient (Wildman–Crippen LogP) is 0.732. The molecule has 0 saturated carbocycles. The summed E-state index contributed by atoms with van der Waals surface area (Å²) in [6, 6.07) is 2.56. The van der Waals surface area contributed by atoms with E-state index in [-0.39, 0.29) is 17.1 Å². The second-order valence-electron chi connectivity index (χ2n) is 3.21. The standard InChI is InChI=1S/C9H10BrNO5S/c1-16-7-2-5(3-9(12)13)6(10)4-8(7)17(11,14)15/h2,4H,3H2,1H3,(H,12,13)(H2,11,14,15). The second kappa shape index (κ2) is 5.03. The first-order valence-electron chi connectivity index (χ1n) is 4.36. The zero-order valence-corrected chi connectivity index (χ0v) is 11.2. The van der Waals surface area contributed by atoms with Gasteiger partial charge in [-0.25, -0.2) is 13.6 Å². The van der Waals surface area contributed by atoms with Crippen LogP contribution in [-0.2, 0) is 21.2 Å². The molecular formula is C9H10BrNO5S. The summed E-state index contributed by atoms with van der Waals surface area (Å²) in [5.41, 5.74) is 0.404. The topological polar surface area (TPSA) is 107 Å². The molecule has 1 rings (SSSR count). The largest absolute Gasteiger partial charge is 0.495 e. The fraction of sp³-hybridized carbons (Fsp3) is 0.222. The molecule has 8 heteroatoms. The SMILES string of the molecule is COc1cc(CC(=O)O)c(Br)cc1S(N)(=O)=O. The van der Waals surface area contributed by atoms with Gasteiger partial charge >= 0.3 is 5.97 Å². The van der Waals surface area contributed by atoms with Crippen LogP contribution in [0, 0.1) is 0 Å². The monoisotopic (exact) mass is 323 g/mol. The van der Waals surface area contributed by atoms with E-state index < -0.39 is 16.0 Å². The van der Waals surface area contributed by atoms with Gasteiger partial charge in [-0.2, -0.15) is 0 Å². The van der Waals surface area contributed by atoms with Gasteiger partial charge in [-0.3, -0.25) is 4.79 Å². The lowest BCUT2D eigenvalue weighted by atomic mass is 10.1. The number of ether oxygens (including phenoxy) is 1. The first-order chi connectivity index (χ1) is 7.75. The summed E-state index contributed by atoms with van der Waals surface area (Å²) in [5, 5.41) is 13.7. The molecule has 0 heterocycles.